The molecule has 2 atom stereocenters. The van der Waals surface area contributed by atoms with E-state index in [0.29, 0.717) is 19.4 Å². The molecule has 2 amide bonds. The highest BCUT2D eigenvalue weighted by Crippen LogP contribution is 2.17. The maximum Gasteiger partial charge on any atom is 0.326 e. The molecule has 7 nitrogen and oxygen atoms in total. The van der Waals surface area contributed by atoms with E-state index in [2.05, 4.69) is 10.1 Å². The van der Waals surface area contributed by atoms with Crippen molar-refractivity contribution in [3.05, 3.63) is 0 Å². The first kappa shape index (κ1) is 14.3. The van der Waals surface area contributed by atoms with Crippen LogP contribution >= 0.6 is 0 Å². The fourth-order valence-corrected chi connectivity index (χ4v) is 1.88. The number of hydrogen-bond acceptors (Lipinski definition) is 4. The molecule has 1 rings (SSSR count). The molecule has 1 fully saturated rings. The molecule has 0 aromatic rings. The number of esters is 1. The van der Waals surface area contributed by atoms with E-state index < -0.39 is 18.0 Å². The number of ether oxygens (including phenoxy) is 1. The van der Waals surface area contributed by atoms with Crippen LogP contribution in [0.3, 0.4) is 0 Å². The van der Waals surface area contributed by atoms with Crippen molar-refractivity contribution in [1.29, 1.82) is 0 Å². The number of likely N-dealkylation sites (tertiary alicyclic amines) is 1. The van der Waals surface area contributed by atoms with Gasteiger partial charge in [0.1, 0.15) is 6.04 Å². The molecule has 0 aromatic carbocycles. The van der Waals surface area contributed by atoms with Crippen LogP contribution in [0.2, 0.25) is 0 Å². The van der Waals surface area contributed by atoms with Crippen LogP contribution in [-0.4, -0.2) is 54.2 Å². The summed E-state index contributed by atoms with van der Waals surface area (Å²) in [6.07, 6.45) is 0.860. The van der Waals surface area contributed by atoms with Crippen LogP contribution in [0.15, 0.2) is 0 Å². The lowest BCUT2D eigenvalue weighted by molar-refractivity contribution is -0.145. The van der Waals surface area contributed by atoms with Gasteiger partial charge in [-0.25, -0.2) is 9.59 Å². The number of carbonyl (C=O) groups excluding carboxylic acids is 2. The Hall–Kier alpha value is -1.79. The number of aliphatic carboxylic acids is 1. The van der Waals surface area contributed by atoms with Gasteiger partial charge >= 0.3 is 18.0 Å². The smallest absolute Gasteiger partial charge is 0.326 e. The standard InChI is InChI=1S/C11H18N2O5/c1-3-8(9(14)15)12-11(17)13-5-4-7(6-13)10(16)18-2/h7-8H,3-6H2,1-2H3,(H,12,17)(H,14,15)/t7?,8-/m1/s1. The van der Waals surface area contributed by atoms with Gasteiger partial charge in [-0.05, 0) is 12.8 Å². The molecule has 1 aliphatic rings. The van der Waals surface area contributed by atoms with Gasteiger partial charge in [0.2, 0.25) is 0 Å². The van der Waals surface area contributed by atoms with E-state index in [9.17, 15) is 14.4 Å². The second-order valence-electron chi connectivity index (χ2n) is 4.20. The van der Waals surface area contributed by atoms with Crippen molar-refractivity contribution in [3.63, 3.8) is 0 Å². The first-order valence-corrected chi connectivity index (χ1v) is 5.85. The number of carbonyl (C=O) groups is 3. The van der Waals surface area contributed by atoms with Crippen LogP contribution in [0.5, 0.6) is 0 Å². The Morgan fingerprint density at radius 1 is 1.50 bits per heavy atom. The summed E-state index contributed by atoms with van der Waals surface area (Å²) in [5, 5.41) is 11.3. The van der Waals surface area contributed by atoms with Crippen LogP contribution in [0.1, 0.15) is 19.8 Å². The lowest BCUT2D eigenvalue weighted by Gasteiger charge is -2.20. The van der Waals surface area contributed by atoms with Crippen molar-refractivity contribution < 1.29 is 24.2 Å². The molecule has 1 unspecified atom stereocenters. The topological polar surface area (TPSA) is 95.9 Å². The van der Waals surface area contributed by atoms with E-state index >= 15 is 0 Å². The van der Waals surface area contributed by atoms with Gasteiger partial charge in [0, 0.05) is 13.1 Å². The zero-order valence-corrected chi connectivity index (χ0v) is 10.5. The highest BCUT2D eigenvalue weighted by atomic mass is 16.5. The molecule has 1 aliphatic heterocycles. The molecule has 102 valence electrons. The molecule has 7 heteroatoms. The third kappa shape index (κ3) is 3.35. The van der Waals surface area contributed by atoms with Crippen molar-refractivity contribution in [3.8, 4) is 0 Å². The third-order valence-electron chi connectivity index (χ3n) is 3.01. The molecule has 1 saturated heterocycles. The summed E-state index contributed by atoms with van der Waals surface area (Å²) in [5.74, 6) is -1.71. The normalized spacial score (nSPS) is 20.3. The summed E-state index contributed by atoms with van der Waals surface area (Å²) in [5.41, 5.74) is 0. The molecule has 0 spiro atoms. The monoisotopic (exact) mass is 258 g/mol. The lowest BCUT2D eigenvalue weighted by atomic mass is 10.1. The van der Waals surface area contributed by atoms with E-state index in [1.807, 2.05) is 0 Å². The maximum atomic E-state index is 11.8. The third-order valence-corrected chi connectivity index (χ3v) is 3.01. The van der Waals surface area contributed by atoms with Crippen LogP contribution in [0.25, 0.3) is 0 Å². The minimum absolute atomic E-state index is 0.272. The molecule has 0 bridgehead atoms. The van der Waals surface area contributed by atoms with Crippen LogP contribution < -0.4 is 5.32 Å². The Kier molecular flexibility index (Phi) is 4.94. The Morgan fingerprint density at radius 3 is 2.67 bits per heavy atom. The number of urea groups is 1. The SMILES string of the molecule is CC[C@@H](NC(=O)N1CCC(C(=O)OC)C1)C(=O)O. The number of amides is 2. The summed E-state index contributed by atoms with van der Waals surface area (Å²) < 4.78 is 4.61. The van der Waals surface area contributed by atoms with Gasteiger partial charge in [0.05, 0.1) is 13.0 Å². The van der Waals surface area contributed by atoms with Gasteiger partial charge in [-0.3, -0.25) is 4.79 Å². The highest BCUT2D eigenvalue weighted by molar-refractivity contribution is 5.83. The first-order valence-electron chi connectivity index (χ1n) is 5.85. The fourth-order valence-electron chi connectivity index (χ4n) is 1.88. The largest absolute Gasteiger partial charge is 0.480 e. The Morgan fingerprint density at radius 2 is 2.17 bits per heavy atom. The fraction of sp³-hybridized carbons (Fsp3) is 0.727. The Balaban J connectivity index is 2.49. The van der Waals surface area contributed by atoms with E-state index in [-0.39, 0.29) is 18.4 Å². The van der Waals surface area contributed by atoms with Crippen molar-refractivity contribution in [2.45, 2.75) is 25.8 Å². The van der Waals surface area contributed by atoms with E-state index in [1.165, 1.54) is 12.0 Å². The highest BCUT2D eigenvalue weighted by Gasteiger charge is 2.32. The van der Waals surface area contributed by atoms with Crippen LogP contribution in [-0.2, 0) is 14.3 Å². The predicted octanol–water partition coefficient (Wildman–Crippen LogP) is 0.0541. The van der Waals surface area contributed by atoms with Crippen LogP contribution in [0.4, 0.5) is 4.79 Å². The number of nitrogens with one attached hydrogen (secondary N) is 1. The Bertz CT molecular complexity index is 344. The number of rotatable bonds is 4. The maximum absolute atomic E-state index is 11.8. The van der Waals surface area contributed by atoms with Gasteiger partial charge < -0.3 is 20.1 Å². The molecule has 0 aliphatic carbocycles. The number of carboxylic acid groups (broad SMARTS) is 1. The molecule has 0 radical (unpaired) electrons. The van der Waals surface area contributed by atoms with E-state index in [4.69, 9.17) is 5.11 Å². The Labute approximate surface area is 105 Å². The zero-order chi connectivity index (χ0) is 13.7. The van der Waals surface area contributed by atoms with Crippen molar-refractivity contribution >= 4 is 18.0 Å². The second kappa shape index (κ2) is 6.23. The summed E-state index contributed by atoms with van der Waals surface area (Å²) in [7, 11) is 1.31. The van der Waals surface area contributed by atoms with Gasteiger partial charge in [0.25, 0.3) is 0 Å². The number of nitrogens with zero attached hydrogens (tertiary/aromatic N) is 1. The average Bonchev–Trinajstić information content (AvgIpc) is 2.83. The van der Waals surface area contributed by atoms with Crippen LogP contribution in [0, 0.1) is 5.92 Å². The molecule has 2 N–H and O–H groups in total. The molecule has 18 heavy (non-hydrogen) atoms. The van der Waals surface area contributed by atoms with Gasteiger partial charge in [0.15, 0.2) is 0 Å². The minimum atomic E-state index is -1.06. The van der Waals surface area contributed by atoms with Crippen molar-refractivity contribution in [2.75, 3.05) is 20.2 Å². The van der Waals surface area contributed by atoms with E-state index in [1.54, 1.807) is 6.92 Å². The second-order valence-corrected chi connectivity index (χ2v) is 4.20. The molecule has 0 saturated carbocycles. The number of methoxy groups -OCH3 is 1. The molecular weight excluding hydrogens is 240 g/mol. The van der Waals surface area contributed by atoms with Gasteiger partial charge in [-0.2, -0.15) is 0 Å². The quantitative estimate of drug-likeness (QED) is 0.695. The molecule has 0 aromatic heterocycles. The van der Waals surface area contributed by atoms with E-state index in [0.717, 1.165) is 0 Å². The summed E-state index contributed by atoms with van der Waals surface area (Å²) in [4.78, 5) is 35.3. The first-order chi connectivity index (χ1) is 8.49. The number of hydrogen-bond donors (Lipinski definition) is 2. The molecular formula is C11H18N2O5. The summed E-state index contributed by atoms with van der Waals surface area (Å²) >= 11 is 0. The average molecular weight is 258 g/mol. The van der Waals surface area contributed by atoms with Crippen molar-refractivity contribution in [1.82, 2.24) is 10.2 Å². The summed E-state index contributed by atoms with van der Waals surface area (Å²) in [6.45, 7) is 2.39. The zero-order valence-electron chi connectivity index (χ0n) is 10.5. The lowest BCUT2D eigenvalue weighted by Crippen LogP contribution is -2.47. The van der Waals surface area contributed by atoms with Gasteiger partial charge in [-0.1, -0.05) is 6.92 Å². The minimum Gasteiger partial charge on any atom is -0.480 e. The molecule has 1 heterocycles. The van der Waals surface area contributed by atoms with Crippen molar-refractivity contribution in [2.24, 2.45) is 5.92 Å². The number of carboxylic acids is 1. The van der Waals surface area contributed by atoms with Gasteiger partial charge in [-0.15, -0.1) is 0 Å². The summed E-state index contributed by atoms with van der Waals surface area (Å²) in [6, 6.07) is -1.34. The predicted molar refractivity (Wildman–Crippen MR) is 61.9 cm³/mol.